The van der Waals surface area contributed by atoms with Crippen LogP contribution in [0.1, 0.15) is 26.0 Å². The van der Waals surface area contributed by atoms with Gasteiger partial charge < -0.3 is 19.3 Å². The first-order chi connectivity index (χ1) is 12.9. The Bertz CT molecular complexity index is 773. The van der Waals surface area contributed by atoms with E-state index in [1.165, 1.54) is 0 Å². The maximum atomic E-state index is 13.1. The molecule has 4 atom stereocenters. The van der Waals surface area contributed by atoms with Gasteiger partial charge in [0.05, 0.1) is 30.6 Å². The second-order valence-corrected chi connectivity index (χ2v) is 7.68. The quantitative estimate of drug-likeness (QED) is 0.569. The third kappa shape index (κ3) is 3.06. The molecule has 8 nitrogen and oxygen atoms in total. The lowest BCUT2D eigenvalue weighted by atomic mass is 9.77. The number of hydrogen-bond acceptors (Lipinski definition) is 6. The Morgan fingerprint density at radius 3 is 3.04 bits per heavy atom. The minimum atomic E-state index is -0.753. The van der Waals surface area contributed by atoms with Crippen LogP contribution in [-0.4, -0.2) is 54.5 Å². The van der Waals surface area contributed by atoms with Crippen LogP contribution in [0.2, 0.25) is 0 Å². The van der Waals surface area contributed by atoms with Crippen LogP contribution in [0.25, 0.3) is 0 Å². The van der Waals surface area contributed by atoms with Gasteiger partial charge in [-0.1, -0.05) is 17.3 Å². The predicted molar refractivity (Wildman–Crippen MR) is 96.0 cm³/mol. The standard InChI is InChI=1S/C19H25N3O5/c1-11(2)25-8-4-7-20-17(23)15-13-5-6-19(26-13)10-22(18(24)16(15)19)14-9-12(3)27-21-14/h5-6,9,11,13,15-16H,4,7-8,10H2,1-3H3,(H,20,23)/t13-,15+,16+,19+/m1/s1. The summed E-state index contributed by atoms with van der Waals surface area (Å²) in [6, 6.07) is 1.72. The molecule has 0 unspecified atom stereocenters. The molecule has 8 heteroatoms. The van der Waals surface area contributed by atoms with Crippen molar-refractivity contribution in [3.05, 3.63) is 24.0 Å². The number of hydrogen-bond donors (Lipinski definition) is 1. The fraction of sp³-hybridized carbons (Fsp3) is 0.632. The van der Waals surface area contributed by atoms with Gasteiger partial charge in [-0.05, 0) is 27.2 Å². The fourth-order valence-corrected chi connectivity index (χ4v) is 4.19. The SMILES string of the molecule is Cc1cc(N2C[C@]34C=C[C@@H](O3)[C@H](C(=O)NCCCOC(C)C)[C@H]4C2=O)no1. The zero-order chi connectivity index (χ0) is 19.2. The van der Waals surface area contributed by atoms with E-state index in [0.29, 0.717) is 31.3 Å². The molecular formula is C19H25N3O5. The van der Waals surface area contributed by atoms with Crippen LogP contribution in [0.5, 0.6) is 0 Å². The minimum Gasteiger partial charge on any atom is -0.379 e. The lowest BCUT2D eigenvalue weighted by molar-refractivity contribution is -0.132. The van der Waals surface area contributed by atoms with Crippen molar-refractivity contribution in [3.8, 4) is 0 Å². The van der Waals surface area contributed by atoms with Crippen molar-refractivity contribution in [3.63, 3.8) is 0 Å². The molecule has 3 aliphatic heterocycles. The van der Waals surface area contributed by atoms with Gasteiger partial charge >= 0.3 is 0 Å². The minimum absolute atomic E-state index is 0.140. The first kappa shape index (κ1) is 18.2. The smallest absolute Gasteiger partial charge is 0.235 e. The second-order valence-electron chi connectivity index (χ2n) is 7.68. The fourth-order valence-electron chi connectivity index (χ4n) is 4.19. The van der Waals surface area contributed by atoms with Gasteiger partial charge in [0.2, 0.25) is 11.8 Å². The van der Waals surface area contributed by atoms with Crippen molar-refractivity contribution in [2.75, 3.05) is 24.6 Å². The predicted octanol–water partition coefficient (Wildman–Crippen LogP) is 1.20. The highest BCUT2D eigenvalue weighted by Crippen LogP contribution is 2.52. The van der Waals surface area contributed by atoms with Crippen molar-refractivity contribution in [2.45, 2.75) is 45.0 Å². The first-order valence-electron chi connectivity index (χ1n) is 9.42. The first-order valence-corrected chi connectivity index (χ1v) is 9.42. The van der Waals surface area contributed by atoms with Gasteiger partial charge in [-0.2, -0.15) is 0 Å². The summed E-state index contributed by atoms with van der Waals surface area (Å²) in [4.78, 5) is 27.4. The highest BCUT2D eigenvalue weighted by Gasteiger charge is 2.67. The van der Waals surface area contributed by atoms with Gasteiger partial charge in [0.1, 0.15) is 11.4 Å². The molecule has 3 aliphatic rings. The number of aromatic nitrogens is 1. The van der Waals surface area contributed by atoms with Crippen molar-refractivity contribution in [1.82, 2.24) is 10.5 Å². The van der Waals surface area contributed by atoms with Crippen LogP contribution in [0.4, 0.5) is 5.82 Å². The van der Waals surface area contributed by atoms with Crippen LogP contribution in [0.3, 0.4) is 0 Å². The monoisotopic (exact) mass is 375 g/mol. The zero-order valence-electron chi connectivity index (χ0n) is 15.8. The maximum Gasteiger partial charge on any atom is 0.235 e. The number of nitrogens with one attached hydrogen (secondary N) is 1. The maximum absolute atomic E-state index is 13.1. The van der Waals surface area contributed by atoms with Crippen molar-refractivity contribution in [1.29, 1.82) is 0 Å². The van der Waals surface area contributed by atoms with Gasteiger partial charge in [-0.15, -0.1) is 0 Å². The van der Waals surface area contributed by atoms with E-state index in [-0.39, 0.29) is 24.0 Å². The molecule has 0 aliphatic carbocycles. The molecule has 2 bridgehead atoms. The van der Waals surface area contributed by atoms with E-state index >= 15 is 0 Å². The Hall–Kier alpha value is -2.19. The lowest BCUT2D eigenvalue weighted by Gasteiger charge is -2.23. The molecule has 27 heavy (non-hydrogen) atoms. The Morgan fingerprint density at radius 1 is 1.52 bits per heavy atom. The zero-order valence-corrected chi connectivity index (χ0v) is 15.8. The van der Waals surface area contributed by atoms with Gasteiger partial charge in [0, 0.05) is 19.2 Å². The van der Waals surface area contributed by atoms with Crippen LogP contribution in [0, 0.1) is 18.8 Å². The molecule has 1 aromatic rings. The lowest BCUT2D eigenvalue weighted by Crippen LogP contribution is -2.44. The Morgan fingerprint density at radius 2 is 2.33 bits per heavy atom. The molecule has 1 aromatic heterocycles. The summed E-state index contributed by atoms with van der Waals surface area (Å²) in [5.41, 5.74) is -0.753. The largest absolute Gasteiger partial charge is 0.379 e. The molecule has 146 valence electrons. The number of carbonyl (C=O) groups excluding carboxylic acids is 2. The second kappa shape index (κ2) is 6.76. The van der Waals surface area contributed by atoms with E-state index in [2.05, 4.69) is 10.5 Å². The highest BCUT2D eigenvalue weighted by molar-refractivity contribution is 6.02. The van der Waals surface area contributed by atoms with Crippen molar-refractivity contribution in [2.24, 2.45) is 11.8 Å². The summed E-state index contributed by atoms with van der Waals surface area (Å²) in [5, 5.41) is 6.88. The number of anilines is 1. The normalized spacial score (nSPS) is 31.2. The van der Waals surface area contributed by atoms with E-state index in [9.17, 15) is 9.59 Å². The van der Waals surface area contributed by atoms with Gasteiger partial charge in [0.25, 0.3) is 0 Å². The third-order valence-electron chi connectivity index (χ3n) is 5.37. The molecular weight excluding hydrogens is 350 g/mol. The van der Waals surface area contributed by atoms with Gasteiger partial charge in [-0.25, -0.2) is 0 Å². The number of carbonyl (C=O) groups is 2. The van der Waals surface area contributed by atoms with Crippen LogP contribution >= 0.6 is 0 Å². The molecule has 0 saturated carbocycles. The summed E-state index contributed by atoms with van der Waals surface area (Å²) in [5.74, 6) is -0.244. The molecule has 1 N–H and O–H groups in total. The summed E-state index contributed by atoms with van der Waals surface area (Å²) in [6.45, 7) is 7.18. The molecule has 2 saturated heterocycles. The molecule has 4 heterocycles. The summed E-state index contributed by atoms with van der Waals surface area (Å²) >= 11 is 0. The molecule has 1 spiro atoms. The van der Waals surface area contributed by atoms with E-state index in [1.54, 1.807) is 17.9 Å². The molecule has 2 fully saturated rings. The number of rotatable bonds is 7. The van der Waals surface area contributed by atoms with E-state index < -0.39 is 17.4 Å². The van der Waals surface area contributed by atoms with E-state index in [0.717, 1.165) is 6.42 Å². The third-order valence-corrected chi connectivity index (χ3v) is 5.37. The molecule has 0 radical (unpaired) electrons. The number of amides is 2. The average molecular weight is 375 g/mol. The number of ether oxygens (including phenoxy) is 2. The van der Waals surface area contributed by atoms with Gasteiger partial charge in [-0.3, -0.25) is 14.5 Å². The van der Waals surface area contributed by atoms with Crippen LogP contribution < -0.4 is 10.2 Å². The molecule has 0 aromatic carbocycles. The van der Waals surface area contributed by atoms with Crippen molar-refractivity contribution >= 4 is 17.6 Å². The van der Waals surface area contributed by atoms with Crippen molar-refractivity contribution < 1.29 is 23.6 Å². The van der Waals surface area contributed by atoms with Crippen LogP contribution in [0.15, 0.2) is 22.7 Å². The van der Waals surface area contributed by atoms with E-state index in [4.69, 9.17) is 14.0 Å². The summed E-state index contributed by atoms with van der Waals surface area (Å²) in [7, 11) is 0. The highest BCUT2D eigenvalue weighted by atomic mass is 16.5. The Balaban J connectivity index is 1.44. The van der Waals surface area contributed by atoms with Gasteiger partial charge in [0.15, 0.2) is 5.82 Å². The van der Waals surface area contributed by atoms with E-state index in [1.807, 2.05) is 26.0 Å². The summed E-state index contributed by atoms with van der Waals surface area (Å²) < 4.78 is 16.7. The Kier molecular flexibility index (Phi) is 4.55. The topological polar surface area (TPSA) is 93.9 Å². The summed E-state index contributed by atoms with van der Waals surface area (Å²) in [6.07, 6.45) is 4.37. The number of aryl methyl sites for hydroxylation is 1. The number of fused-ring (bicyclic) bond motifs is 1. The molecule has 4 rings (SSSR count). The molecule has 2 amide bonds. The Labute approximate surface area is 157 Å². The van der Waals surface area contributed by atoms with Crippen LogP contribution in [-0.2, 0) is 19.1 Å². The average Bonchev–Trinajstić information content (AvgIpc) is 3.35. The number of nitrogens with zero attached hydrogens (tertiary/aromatic N) is 2.